The number of carbonyl (C=O) groups is 1. The third kappa shape index (κ3) is 2.95. The second-order valence-corrected chi connectivity index (χ2v) is 4.41. The minimum absolute atomic E-state index is 0.115. The maximum absolute atomic E-state index is 12.0. The van der Waals surface area contributed by atoms with E-state index in [9.17, 15) is 4.79 Å². The van der Waals surface area contributed by atoms with E-state index in [1.165, 1.54) is 0 Å². The Morgan fingerprint density at radius 2 is 2.31 bits per heavy atom. The molecule has 1 aromatic heterocycles. The average molecular weight is 241 g/mol. The molecule has 3 nitrogen and oxygen atoms in total. The lowest BCUT2D eigenvalue weighted by Gasteiger charge is -2.27. The highest BCUT2D eigenvalue weighted by Crippen LogP contribution is 2.13. The van der Waals surface area contributed by atoms with E-state index in [2.05, 4.69) is 10.3 Å². The largest absolute Gasteiger partial charge is 0.346 e. The van der Waals surface area contributed by atoms with Gasteiger partial charge in [0, 0.05) is 17.8 Å². The summed E-state index contributed by atoms with van der Waals surface area (Å²) >= 11 is 5.85. The molecule has 1 aromatic rings. The molecule has 0 saturated heterocycles. The van der Waals surface area contributed by atoms with E-state index in [4.69, 9.17) is 11.6 Å². The maximum Gasteiger partial charge on any atom is 0.253 e. The van der Waals surface area contributed by atoms with Gasteiger partial charge in [-0.2, -0.15) is 0 Å². The van der Waals surface area contributed by atoms with E-state index >= 15 is 0 Å². The van der Waals surface area contributed by atoms with Crippen LogP contribution in [0, 0.1) is 6.92 Å². The van der Waals surface area contributed by atoms with Crippen LogP contribution in [-0.2, 0) is 0 Å². The number of aryl methyl sites for hydroxylation is 1. The first-order chi connectivity index (χ1) is 7.52. The minimum atomic E-state index is -0.360. The number of aromatic nitrogens is 1. The zero-order valence-electron chi connectivity index (χ0n) is 9.88. The van der Waals surface area contributed by atoms with E-state index in [1.54, 1.807) is 18.3 Å². The number of halogens is 1. The second kappa shape index (κ2) is 5.30. The summed E-state index contributed by atoms with van der Waals surface area (Å²) in [4.78, 5) is 16.1. The van der Waals surface area contributed by atoms with Gasteiger partial charge in [0.2, 0.25) is 0 Å². The van der Waals surface area contributed by atoms with E-state index in [0.717, 1.165) is 12.1 Å². The zero-order valence-corrected chi connectivity index (χ0v) is 10.6. The molecule has 0 aliphatic heterocycles. The number of hydrogen-bond acceptors (Lipinski definition) is 2. The first-order valence-corrected chi connectivity index (χ1v) is 5.86. The molecule has 0 saturated carbocycles. The van der Waals surface area contributed by atoms with Crippen molar-refractivity contribution in [3.05, 3.63) is 29.6 Å². The third-order valence-electron chi connectivity index (χ3n) is 2.74. The van der Waals surface area contributed by atoms with Crippen molar-refractivity contribution >= 4 is 17.5 Å². The van der Waals surface area contributed by atoms with Gasteiger partial charge in [-0.3, -0.25) is 9.78 Å². The van der Waals surface area contributed by atoms with Gasteiger partial charge in [-0.25, -0.2) is 0 Å². The van der Waals surface area contributed by atoms with Crippen molar-refractivity contribution in [3.63, 3.8) is 0 Å². The van der Waals surface area contributed by atoms with Gasteiger partial charge < -0.3 is 5.32 Å². The highest BCUT2D eigenvalue weighted by molar-refractivity contribution is 6.18. The molecule has 0 bridgehead atoms. The molecule has 16 heavy (non-hydrogen) atoms. The summed E-state index contributed by atoms with van der Waals surface area (Å²) in [5, 5.41) is 2.94. The van der Waals surface area contributed by atoms with Crippen molar-refractivity contribution in [2.24, 2.45) is 0 Å². The highest BCUT2D eigenvalue weighted by Gasteiger charge is 2.24. The fourth-order valence-electron chi connectivity index (χ4n) is 1.28. The van der Waals surface area contributed by atoms with Crippen LogP contribution in [0.25, 0.3) is 0 Å². The first kappa shape index (κ1) is 13.0. The maximum atomic E-state index is 12.0. The van der Waals surface area contributed by atoms with Crippen molar-refractivity contribution in [1.82, 2.24) is 10.3 Å². The van der Waals surface area contributed by atoms with Crippen LogP contribution in [0.1, 0.15) is 36.3 Å². The van der Waals surface area contributed by atoms with E-state index < -0.39 is 0 Å². The van der Waals surface area contributed by atoms with Crippen LogP contribution in [0.5, 0.6) is 0 Å². The van der Waals surface area contributed by atoms with Gasteiger partial charge in [0.05, 0.1) is 11.1 Å². The molecule has 1 rings (SSSR count). The average Bonchev–Trinajstić information content (AvgIpc) is 2.29. The van der Waals surface area contributed by atoms with Gasteiger partial charge in [0.15, 0.2) is 0 Å². The predicted molar refractivity (Wildman–Crippen MR) is 65.9 cm³/mol. The molecule has 0 radical (unpaired) electrons. The monoisotopic (exact) mass is 240 g/mol. The first-order valence-electron chi connectivity index (χ1n) is 5.32. The molecular formula is C12H17ClN2O. The second-order valence-electron chi connectivity index (χ2n) is 4.14. The lowest BCUT2D eigenvalue weighted by atomic mass is 10.0. The molecule has 0 fully saturated rings. The topological polar surface area (TPSA) is 42.0 Å². The summed E-state index contributed by atoms with van der Waals surface area (Å²) < 4.78 is 0. The Bertz CT molecular complexity index is 375. The fraction of sp³-hybridized carbons (Fsp3) is 0.500. The van der Waals surface area contributed by atoms with E-state index in [0.29, 0.717) is 11.4 Å². The van der Waals surface area contributed by atoms with E-state index in [1.807, 2.05) is 20.8 Å². The Kier molecular flexibility index (Phi) is 4.30. The number of nitrogens with zero attached hydrogens (tertiary/aromatic N) is 1. The van der Waals surface area contributed by atoms with Crippen LogP contribution >= 0.6 is 11.6 Å². The van der Waals surface area contributed by atoms with Crippen molar-refractivity contribution in [3.8, 4) is 0 Å². The summed E-state index contributed by atoms with van der Waals surface area (Å²) in [7, 11) is 0. The number of carbonyl (C=O) groups excluding carboxylic acids is 1. The predicted octanol–water partition coefficient (Wildman–Crippen LogP) is 2.53. The fourth-order valence-corrected chi connectivity index (χ4v) is 1.54. The number of alkyl halides is 1. The molecule has 1 unspecified atom stereocenters. The highest BCUT2D eigenvalue weighted by atomic mass is 35.5. The Labute approximate surface area is 101 Å². The zero-order chi connectivity index (χ0) is 12.2. The SMILES string of the molecule is CCC(C)(CCl)NC(=O)c1cccnc1C. The molecule has 0 aromatic carbocycles. The summed E-state index contributed by atoms with van der Waals surface area (Å²) in [5.74, 6) is 0.282. The van der Waals surface area contributed by atoms with Gasteiger partial charge in [-0.15, -0.1) is 11.6 Å². The van der Waals surface area contributed by atoms with Gasteiger partial charge in [-0.05, 0) is 32.4 Å². The van der Waals surface area contributed by atoms with Crippen molar-refractivity contribution < 1.29 is 4.79 Å². The van der Waals surface area contributed by atoms with Crippen LogP contribution in [0.4, 0.5) is 0 Å². The normalized spacial score (nSPS) is 14.2. The Hall–Kier alpha value is -1.09. The molecular weight excluding hydrogens is 224 g/mol. The molecule has 1 heterocycles. The number of amides is 1. The third-order valence-corrected chi connectivity index (χ3v) is 3.33. The van der Waals surface area contributed by atoms with E-state index in [-0.39, 0.29) is 11.4 Å². The van der Waals surface area contributed by atoms with Gasteiger partial charge in [0.25, 0.3) is 5.91 Å². The summed E-state index contributed by atoms with van der Waals surface area (Å²) in [5.41, 5.74) is 0.973. The minimum Gasteiger partial charge on any atom is -0.346 e. The van der Waals surface area contributed by atoms with Crippen LogP contribution in [-0.4, -0.2) is 22.3 Å². The molecule has 1 amide bonds. The standard InChI is InChI=1S/C12H17ClN2O/c1-4-12(3,8-13)15-11(16)10-6-5-7-14-9(10)2/h5-7H,4,8H2,1-3H3,(H,15,16). The van der Waals surface area contributed by atoms with Crippen molar-refractivity contribution in [2.75, 3.05) is 5.88 Å². The van der Waals surface area contributed by atoms with Gasteiger partial charge in [0.1, 0.15) is 0 Å². The van der Waals surface area contributed by atoms with Crippen molar-refractivity contribution in [2.45, 2.75) is 32.7 Å². The lowest BCUT2D eigenvalue weighted by molar-refractivity contribution is 0.0911. The van der Waals surface area contributed by atoms with Crippen LogP contribution < -0.4 is 5.32 Å². The summed E-state index contributed by atoms with van der Waals surface area (Å²) in [6, 6.07) is 3.52. The van der Waals surface area contributed by atoms with Crippen LogP contribution in [0.15, 0.2) is 18.3 Å². The molecule has 1 atom stereocenters. The summed E-state index contributed by atoms with van der Waals surface area (Å²) in [6.07, 6.45) is 2.47. The molecule has 4 heteroatoms. The lowest BCUT2D eigenvalue weighted by Crippen LogP contribution is -2.47. The number of rotatable bonds is 4. The number of pyridine rings is 1. The Morgan fingerprint density at radius 3 is 2.81 bits per heavy atom. The molecule has 1 N–H and O–H groups in total. The van der Waals surface area contributed by atoms with Crippen LogP contribution in [0.3, 0.4) is 0 Å². The summed E-state index contributed by atoms with van der Waals surface area (Å²) in [6.45, 7) is 5.75. The van der Waals surface area contributed by atoms with Crippen LogP contribution in [0.2, 0.25) is 0 Å². The molecule has 0 spiro atoms. The molecule has 0 aliphatic rings. The Balaban J connectivity index is 2.84. The number of nitrogens with one attached hydrogen (secondary N) is 1. The Morgan fingerprint density at radius 1 is 1.62 bits per heavy atom. The molecule has 0 aliphatic carbocycles. The van der Waals surface area contributed by atoms with Gasteiger partial charge in [-0.1, -0.05) is 6.92 Å². The van der Waals surface area contributed by atoms with Crippen molar-refractivity contribution in [1.29, 1.82) is 0 Å². The smallest absolute Gasteiger partial charge is 0.253 e. The number of hydrogen-bond donors (Lipinski definition) is 1. The molecule has 88 valence electrons. The quantitative estimate of drug-likeness (QED) is 0.822. The van der Waals surface area contributed by atoms with Gasteiger partial charge >= 0.3 is 0 Å².